The zero-order valence-corrected chi connectivity index (χ0v) is 13.7. The lowest BCUT2D eigenvalue weighted by molar-refractivity contribution is -0.123. The Morgan fingerprint density at radius 2 is 1.56 bits per heavy atom. The van der Waals surface area contributed by atoms with Crippen LogP contribution in [-0.4, -0.2) is 37.3 Å². The van der Waals surface area contributed by atoms with Crippen LogP contribution < -0.4 is 10.1 Å². The first-order valence-electron chi connectivity index (χ1n) is 7.50. The molecule has 7 nitrogen and oxygen atoms in total. The molecule has 27 heavy (non-hydrogen) atoms. The van der Waals surface area contributed by atoms with Gasteiger partial charge in [0.05, 0.1) is 5.56 Å². The fourth-order valence-electron chi connectivity index (χ4n) is 1.93. The number of hydrogen-bond acceptors (Lipinski definition) is 6. The lowest BCUT2D eigenvalue weighted by Crippen LogP contribution is -2.34. The normalized spacial score (nSPS) is 10.2. The summed E-state index contributed by atoms with van der Waals surface area (Å²) in [6.07, 6.45) is 0.611. The van der Waals surface area contributed by atoms with Crippen LogP contribution in [0.2, 0.25) is 0 Å². The van der Waals surface area contributed by atoms with E-state index in [0.29, 0.717) is 11.8 Å². The molecule has 0 atom stereocenters. The molecule has 0 radical (unpaired) electrons. The van der Waals surface area contributed by atoms with Gasteiger partial charge in [-0.2, -0.15) is 8.78 Å². The summed E-state index contributed by atoms with van der Waals surface area (Å²) in [6.45, 7) is -3.69. The van der Waals surface area contributed by atoms with Crippen LogP contribution in [0.15, 0.2) is 48.5 Å². The third kappa shape index (κ3) is 5.99. The maximum absolute atomic E-state index is 12.1. The summed E-state index contributed by atoms with van der Waals surface area (Å²) in [5, 5.41) is 1.99. The van der Waals surface area contributed by atoms with Crippen molar-refractivity contribution in [3.05, 3.63) is 65.2 Å². The minimum atomic E-state index is -2.99. The van der Waals surface area contributed by atoms with E-state index in [1.54, 1.807) is 0 Å². The predicted molar refractivity (Wildman–Crippen MR) is 87.7 cm³/mol. The first-order chi connectivity index (χ1) is 12.9. The number of amides is 2. The van der Waals surface area contributed by atoms with Gasteiger partial charge >= 0.3 is 12.6 Å². The van der Waals surface area contributed by atoms with Crippen LogP contribution in [0.4, 0.5) is 8.78 Å². The molecule has 0 fully saturated rings. The molecule has 0 aliphatic rings. The Bertz CT molecular complexity index is 834. The van der Waals surface area contributed by atoms with Gasteiger partial charge in [0.2, 0.25) is 0 Å². The molecule has 9 heteroatoms. The Labute approximate surface area is 151 Å². The fourth-order valence-corrected chi connectivity index (χ4v) is 1.93. The number of carbonyl (C=O) groups is 4. The second kappa shape index (κ2) is 9.18. The van der Waals surface area contributed by atoms with E-state index in [9.17, 15) is 28.0 Å². The summed E-state index contributed by atoms with van der Waals surface area (Å²) >= 11 is 0. The highest BCUT2D eigenvalue weighted by Gasteiger charge is 2.14. The molecule has 0 aromatic heterocycles. The summed E-state index contributed by atoms with van der Waals surface area (Å²) in [7, 11) is 0. The Morgan fingerprint density at radius 3 is 2.11 bits per heavy atom. The highest BCUT2D eigenvalue weighted by Crippen LogP contribution is 2.14. The number of halogens is 2. The number of nitrogens with one attached hydrogen (secondary N) is 1. The van der Waals surface area contributed by atoms with E-state index in [1.807, 2.05) is 5.32 Å². The third-order valence-electron chi connectivity index (χ3n) is 3.21. The van der Waals surface area contributed by atoms with Crippen molar-refractivity contribution in [2.24, 2.45) is 0 Å². The lowest BCUT2D eigenvalue weighted by atomic mass is 10.1. The van der Waals surface area contributed by atoms with Gasteiger partial charge in [0.1, 0.15) is 12.0 Å². The Kier molecular flexibility index (Phi) is 6.70. The summed E-state index contributed by atoms with van der Waals surface area (Å²) in [5.74, 6) is -2.60. The van der Waals surface area contributed by atoms with Crippen molar-refractivity contribution >= 4 is 24.1 Å². The number of esters is 1. The minimum absolute atomic E-state index is 0.0285. The van der Waals surface area contributed by atoms with Crippen molar-refractivity contribution in [2.45, 2.75) is 6.61 Å². The molecule has 0 unspecified atom stereocenters. The van der Waals surface area contributed by atoms with E-state index in [1.165, 1.54) is 36.4 Å². The van der Waals surface area contributed by atoms with Gasteiger partial charge in [-0.25, -0.2) is 4.79 Å². The summed E-state index contributed by atoms with van der Waals surface area (Å²) < 4.78 is 33.0. The van der Waals surface area contributed by atoms with Crippen LogP contribution in [0.25, 0.3) is 0 Å². The summed E-state index contributed by atoms with van der Waals surface area (Å²) in [4.78, 5) is 45.9. The maximum atomic E-state index is 12.1. The highest BCUT2D eigenvalue weighted by molar-refractivity contribution is 6.05. The van der Waals surface area contributed by atoms with Gasteiger partial charge in [0.15, 0.2) is 6.61 Å². The maximum Gasteiger partial charge on any atom is 0.387 e. The summed E-state index contributed by atoms with van der Waals surface area (Å²) in [6, 6.07) is 10.2. The zero-order chi connectivity index (χ0) is 19.8. The molecule has 2 amide bonds. The quantitative estimate of drug-likeness (QED) is 0.587. The molecule has 0 aliphatic carbocycles. The van der Waals surface area contributed by atoms with Gasteiger partial charge in [0, 0.05) is 11.1 Å². The lowest BCUT2D eigenvalue weighted by Gasteiger charge is -2.07. The van der Waals surface area contributed by atoms with Crippen molar-refractivity contribution in [2.75, 3.05) is 6.61 Å². The Morgan fingerprint density at radius 1 is 0.963 bits per heavy atom. The number of rotatable bonds is 7. The van der Waals surface area contributed by atoms with Crippen LogP contribution in [0.1, 0.15) is 31.1 Å². The van der Waals surface area contributed by atoms with Crippen LogP contribution in [-0.2, 0) is 9.53 Å². The SMILES string of the molecule is O=Cc1ccc(C(=O)OCC(=O)NC(=O)c2ccc(OC(F)F)cc2)cc1. The van der Waals surface area contributed by atoms with E-state index >= 15 is 0 Å². The van der Waals surface area contributed by atoms with E-state index in [-0.39, 0.29) is 16.9 Å². The van der Waals surface area contributed by atoms with Crippen molar-refractivity contribution < 1.29 is 37.4 Å². The average molecular weight is 377 g/mol. The van der Waals surface area contributed by atoms with E-state index in [0.717, 1.165) is 12.1 Å². The molecule has 0 saturated carbocycles. The minimum Gasteiger partial charge on any atom is -0.452 e. The fraction of sp³-hybridized carbons (Fsp3) is 0.111. The van der Waals surface area contributed by atoms with Gasteiger partial charge in [0.25, 0.3) is 11.8 Å². The molecule has 0 bridgehead atoms. The van der Waals surface area contributed by atoms with E-state index < -0.39 is 31.0 Å². The largest absolute Gasteiger partial charge is 0.452 e. The number of benzene rings is 2. The predicted octanol–water partition coefficient (Wildman–Crippen LogP) is 2.21. The Hall–Kier alpha value is -3.62. The molecule has 1 N–H and O–H groups in total. The second-order valence-corrected chi connectivity index (χ2v) is 5.10. The second-order valence-electron chi connectivity index (χ2n) is 5.10. The van der Waals surface area contributed by atoms with Crippen molar-refractivity contribution in [3.63, 3.8) is 0 Å². The van der Waals surface area contributed by atoms with Crippen LogP contribution >= 0.6 is 0 Å². The molecule has 140 valence electrons. The molecular weight excluding hydrogens is 364 g/mol. The number of imide groups is 1. The number of carbonyl (C=O) groups excluding carboxylic acids is 4. The molecule has 0 heterocycles. The molecule has 2 rings (SSSR count). The molecular formula is C18H13F2NO6. The van der Waals surface area contributed by atoms with Crippen LogP contribution in [0, 0.1) is 0 Å². The zero-order valence-electron chi connectivity index (χ0n) is 13.7. The standard InChI is InChI=1S/C18H13F2NO6/c19-18(20)27-14-7-5-12(6-8-14)16(24)21-15(23)10-26-17(25)13-3-1-11(9-22)2-4-13/h1-9,18H,10H2,(H,21,23,24). The number of alkyl halides is 2. The number of hydrogen-bond donors (Lipinski definition) is 1. The van der Waals surface area contributed by atoms with Gasteiger partial charge < -0.3 is 9.47 Å². The monoisotopic (exact) mass is 377 g/mol. The topological polar surface area (TPSA) is 98.8 Å². The molecule has 2 aromatic carbocycles. The van der Waals surface area contributed by atoms with Crippen molar-refractivity contribution in [3.8, 4) is 5.75 Å². The molecule has 0 aliphatic heterocycles. The first kappa shape index (κ1) is 19.7. The van der Waals surface area contributed by atoms with Crippen molar-refractivity contribution in [1.29, 1.82) is 0 Å². The first-order valence-corrected chi connectivity index (χ1v) is 7.50. The number of aldehydes is 1. The third-order valence-corrected chi connectivity index (χ3v) is 3.21. The molecule has 2 aromatic rings. The highest BCUT2D eigenvalue weighted by atomic mass is 19.3. The molecule has 0 spiro atoms. The smallest absolute Gasteiger partial charge is 0.387 e. The van der Waals surface area contributed by atoms with E-state index in [4.69, 9.17) is 4.74 Å². The van der Waals surface area contributed by atoms with Crippen LogP contribution in [0.3, 0.4) is 0 Å². The van der Waals surface area contributed by atoms with Gasteiger partial charge in [-0.1, -0.05) is 12.1 Å². The average Bonchev–Trinajstić information content (AvgIpc) is 2.66. The van der Waals surface area contributed by atoms with Gasteiger partial charge in [-0.3, -0.25) is 19.7 Å². The van der Waals surface area contributed by atoms with E-state index in [2.05, 4.69) is 4.74 Å². The summed E-state index contributed by atoms with van der Waals surface area (Å²) in [5.41, 5.74) is 0.537. The number of ether oxygens (including phenoxy) is 2. The van der Waals surface area contributed by atoms with Crippen LogP contribution in [0.5, 0.6) is 5.75 Å². The van der Waals surface area contributed by atoms with Gasteiger partial charge in [-0.15, -0.1) is 0 Å². The van der Waals surface area contributed by atoms with Gasteiger partial charge in [-0.05, 0) is 36.4 Å². The Balaban J connectivity index is 1.84. The molecule has 0 saturated heterocycles. The van der Waals surface area contributed by atoms with Crippen molar-refractivity contribution in [1.82, 2.24) is 5.32 Å².